The summed E-state index contributed by atoms with van der Waals surface area (Å²) < 4.78 is 42.1. The van der Waals surface area contributed by atoms with Crippen LogP contribution in [-0.4, -0.2) is 37.5 Å². The number of primary amides is 1. The Morgan fingerprint density at radius 1 is 1.23 bits per heavy atom. The van der Waals surface area contributed by atoms with Gasteiger partial charge in [-0.1, -0.05) is 32.9 Å². The molecule has 210 valence electrons. The number of carbonyl (C=O) groups is 1. The predicted molar refractivity (Wildman–Crippen MR) is 142 cm³/mol. The van der Waals surface area contributed by atoms with Crippen molar-refractivity contribution in [1.82, 2.24) is 19.3 Å². The number of alkyl halides is 3. The number of hydrogen-bond acceptors (Lipinski definition) is 5. The zero-order chi connectivity index (χ0) is 28.7. The summed E-state index contributed by atoms with van der Waals surface area (Å²) in [7, 11) is 1.93. The summed E-state index contributed by atoms with van der Waals surface area (Å²) >= 11 is 0. The van der Waals surface area contributed by atoms with Crippen LogP contribution in [-0.2, 0) is 25.6 Å². The molecule has 8 nitrogen and oxygen atoms in total. The third-order valence-corrected chi connectivity index (χ3v) is 7.83. The van der Waals surface area contributed by atoms with E-state index in [0.29, 0.717) is 16.0 Å². The van der Waals surface area contributed by atoms with Crippen molar-refractivity contribution in [3.05, 3.63) is 75.7 Å². The molecule has 0 aliphatic heterocycles. The van der Waals surface area contributed by atoms with Gasteiger partial charge in [0.25, 0.3) is 11.5 Å². The van der Waals surface area contributed by atoms with Gasteiger partial charge in [-0.05, 0) is 60.9 Å². The maximum absolute atomic E-state index is 13.2. The largest absolute Gasteiger partial charge is 0.406 e. The molecule has 4 rings (SSSR count). The standard InChI is InChI=1S/C28H35F3N6O2/c1-17(2)19(4)37(14-20-9-23(24(32)38)25(39)36(13-20)15-28(29,30)31)22-8-6-7-21(10-22)27(11-18(3)12-27)26-34-33-16-35(26)5/h6-10,13,16-19H,11-12,14-15H2,1-5H3,(H2,32,38). The molecule has 0 radical (unpaired) electrons. The number of nitrogens with two attached hydrogens (primary N) is 1. The Morgan fingerprint density at radius 3 is 2.46 bits per heavy atom. The molecule has 2 N–H and O–H groups in total. The smallest absolute Gasteiger partial charge is 0.365 e. The number of pyridine rings is 1. The first-order valence-electron chi connectivity index (χ1n) is 13.0. The number of hydrogen-bond donors (Lipinski definition) is 1. The van der Waals surface area contributed by atoms with Crippen LogP contribution >= 0.6 is 0 Å². The van der Waals surface area contributed by atoms with Crippen LogP contribution < -0.4 is 16.2 Å². The van der Waals surface area contributed by atoms with Crippen molar-refractivity contribution in [2.75, 3.05) is 4.90 Å². The van der Waals surface area contributed by atoms with E-state index in [0.717, 1.165) is 29.9 Å². The molecular formula is C28H35F3N6O2. The first-order chi connectivity index (χ1) is 18.2. The van der Waals surface area contributed by atoms with Gasteiger partial charge < -0.3 is 19.8 Å². The third kappa shape index (κ3) is 5.72. The van der Waals surface area contributed by atoms with Gasteiger partial charge >= 0.3 is 6.18 Å². The number of benzene rings is 1. The van der Waals surface area contributed by atoms with Gasteiger partial charge in [-0.2, -0.15) is 13.2 Å². The van der Waals surface area contributed by atoms with Gasteiger partial charge in [0.15, 0.2) is 0 Å². The summed E-state index contributed by atoms with van der Waals surface area (Å²) in [5, 5.41) is 8.54. The number of rotatable bonds is 9. The fourth-order valence-electron chi connectivity index (χ4n) is 5.67. The van der Waals surface area contributed by atoms with Crippen molar-refractivity contribution in [3.63, 3.8) is 0 Å². The highest BCUT2D eigenvalue weighted by atomic mass is 19.4. The summed E-state index contributed by atoms with van der Waals surface area (Å²) in [6.45, 7) is 7.05. The summed E-state index contributed by atoms with van der Waals surface area (Å²) in [6, 6.07) is 9.42. The lowest BCUT2D eigenvalue weighted by molar-refractivity contribution is -0.141. The lowest BCUT2D eigenvalue weighted by atomic mass is 9.58. The van der Waals surface area contributed by atoms with Crippen LogP contribution in [0.1, 0.15) is 67.8 Å². The minimum absolute atomic E-state index is 0.0219. The molecule has 0 bridgehead atoms. The molecule has 2 heterocycles. The molecule has 1 atom stereocenters. The van der Waals surface area contributed by atoms with Crippen molar-refractivity contribution in [2.45, 2.75) is 71.3 Å². The predicted octanol–water partition coefficient (Wildman–Crippen LogP) is 4.41. The summed E-state index contributed by atoms with van der Waals surface area (Å²) in [4.78, 5) is 26.6. The van der Waals surface area contributed by atoms with Crippen LogP contribution in [0, 0.1) is 11.8 Å². The van der Waals surface area contributed by atoms with E-state index in [1.165, 1.54) is 12.3 Å². The van der Waals surface area contributed by atoms with Crippen LogP contribution in [0.3, 0.4) is 0 Å². The molecule has 1 unspecified atom stereocenters. The maximum Gasteiger partial charge on any atom is 0.406 e. The Bertz CT molecular complexity index is 1400. The van der Waals surface area contributed by atoms with Gasteiger partial charge in [-0.3, -0.25) is 9.59 Å². The average molecular weight is 545 g/mol. The van der Waals surface area contributed by atoms with Crippen LogP contribution in [0.25, 0.3) is 0 Å². The van der Waals surface area contributed by atoms with Gasteiger partial charge in [0, 0.05) is 31.5 Å². The Labute approximate surface area is 225 Å². The molecule has 1 aliphatic rings. The van der Waals surface area contributed by atoms with E-state index >= 15 is 0 Å². The van der Waals surface area contributed by atoms with E-state index in [9.17, 15) is 22.8 Å². The van der Waals surface area contributed by atoms with E-state index in [1.54, 1.807) is 6.33 Å². The Morgan fingerprint density at radius 2 is 1.92 bits per heavy atom. The van der Waals surface area contributed by atoms with Crippen molar-refractivity contribution in [1.29, 1.82) is 0 Å². The Kier molecular flexibility index (Phi) is 7.64. The van der Waals surface area contributed by atoms with Crippen molar-refractivity contribution in [2.24, 2.45) is 24.6 Å². The van der Waals surface area contributed by atoms with E-state index in [-0.39, 0.29) is 23.9 Å². The van der Waals surface area contributed by atoms with E-state index in [4.69, 9.17) is 5.73 Å². The van der Waals surface area contributed by atoms with Gasteiger partial charge in [0.2, 0.25) is 0 Å². The fourth-order valence-corrected chi connectivity index (χ4v) is 5.67. The van der Waals surface area contributed by atoms with Crippen LogP contribution in [0.2, 0.25) is 0 Å². The second-order valence-corrected chi connectivity index (χ2v) is 11.2. The fraction of sp³-hybridized carbons (Fsp3) is 0.500. The van der Waals surface area contributed by atoms with E-state index < -0.39 is 29.8 Å². The first kappa shape index (κ1) is 28.4. The second-order valence-electron chi connectivity index (χ2n) is 11.2. The molecule has 1 aromatic carbocycles. The molecule has 39 heavy (non-hydrogen) atoms. The molecule has 0 spiro atoms. The molecule has 1 aliphatic carbocycles. The lowest BCUT2D eigenvalue weighted by Crippen LogP contribution is -2.43. The molecule has 1 saturated carbocycles. The van der Waals surface area contributed by atoms with E-state index in [1.807, 2.05) is 30.7 Å². The number of halogens is 3. The highest BCUT2D eigenvalue weighted by Gasteiger charge is 2.48. The topological polar surface area (TPSA) is 99.0 Å². The van der Waals surface area contributed by atoms with Gasteiger partial charge in [0.05, 0.1) is 5.41 Å². The molecule has 0 saturated heterocycles. The highest BCUT2D eigenvalue weighted by Crippen LogP contribution is 2.52. The monoisotopic (exact) mass is 544 g/mol. The quantitative estimate of drug-likeness (QED) is 0.431. The van der Waals surface area contributed by atoms with E-state index in [2.05, 4.69) is 48.0 Å². The highest BCUT2D eigenvalue weighted by molar-refractivity contribution is 5.92. The number of carbonyl (C=O) groups excluding carboxylic acids is 1. The minimum Gasteiger partial charge on any atom is -0.365 e. The van der Waals surface area contributed by atoms with Gasteiger partial charge in [-0.25, -0.2) is 0 Å². The van der Waals surface area contributed by atoms with Gasteiger partial charge in [0.1, 0.15) is 24.3 Å². The molecule has 1 fully saturated rings. The van der Waals surface area contributed by atoms with Crippen LogP contribution in [0.5, 0.6) is 0 Å². The number of anilines is 1. The zero-order valence-corrected chi connectivity index (χ0v) is 22.9. The Hall–Kier alpha value is -3.63. The van der Waals surface area contributed by atoms with Gasteiger partial charge in [-0.15, -0.1) is 10.2 Å². The Balaban J connectivity index is 1.79. The molecular weight excluding hydrogens is 509 g/mol. The number of aryl methyl sites for hydroxylation is 1. The third-order valence-electron chi connectivity index (χ3n) is 7.83. The summed E-state index contributed by atoms with van der Waals surface area (Å²) in [5.74, 6) is 0.555. The summed E-state index contributed by atoms with van der Waals surface area (Å²) in [5.41, 5.74) is 5.91. The second kappa shape index (κ2) is 10.5. The molecule has 1 amide bonds. The van der Waals surface area contributed by atoms with Crippen LogP contribution in [0.15, 0.2) is 47.7 Å². The number of aromatic nitrogens is 4. The minimum atomic E-state index is -4.63. The SMILES string of the molecule is CC1CC(c2cccc(N(Cc3cc(C(N)=O)c(=O)n(CC(F)(F)F)c3)C(C)C(C)C)c2)(c2nncn2C)C1. The van der Waals surface area contributed by atoms with Crippen molar-refractivity contribution in [3.8, 4) is 0 Å². The number of amides is 1. The van der Waals surface area contributed by atoms with Crippen LogP contribution in [0.4, 0.5) is 18.9 Å². The normalized spacial score (nSPS) is 20.1. The van der Waals surface area contributed by atoms with Crippen molar-refractivity contribution >= 4 is 11.6 Å². The first-order valence-corrected chi connectivity index (χ1v) is 13.0. The maximum atomic E-state index is 13.2. The average Bonchev–Trinajstić information content (AvgIpc) is 3.26. The number of nitrogens with zero attached hydrogens (tertiary/aromatic N) is 5. The van der Waals surface area contributed by atoms with Crippen molar-refractivity contribution < 1.29 is 18.0 Å². The zero-order valence-electron chi connectivity index (χ0n) is 22.9. The molecule has 2 aromatic heterocycles. The lowest BCUT2D eigenvalue weighted by Gasteiger charge is -2.46. The molecule has 11 heteroatoms. The summed E-state index contributed by atoms with van der Waals surface area (Å²) in [6.07, 6.45) is 0.0783. The molecule has 3 aromatic rings.